The van der Waals surface area contributed by atoms with Crippen LogP contribution < -0.4 is 0 Å². The molecule has 0 N–H and O–H groups in total. The molecule has 0 aliphatic heterocycles. The van der Waals surface area contributed by atoms with Gasteiger partial charge in [-0.2, -0.15) is 0 Å². The Labute approximate surface area is 69.2 Å². The summed E-state index contributed by atoms with van der Waals surface area (Å²) in [7, 11) is 0. The van der Waals surface area contributed by atoms with Crippen LogP contribution in [0.1, 0.15) is 46.0 Å². The van der Waals surface area contributed by atoms with E-state index in [0.717, 1.165) is 31.1 Å². The first-order chi connectivity index (χ1) is 5.22. The summed E-state index contributed by atoms with van der Waals surface area (Å²) in [6, 6.07) is 0. The molecule has 64 valence electrons. The molecular formula is C10H18O. The van der Waals surface area contributed by atoms with Gasteiger partial charge < -0.3 is 0 Å². The molecule has 0 saturated heterocycles. The SMILES string of the molecule is CCC(C)CC1CCC(=O)C1. The number of carbonyl (C=O) groups is 1. The lowest BCUT2D eigenvalue weighted by atomic mass is 9.93. The summed E-state index contributed by atoms with van der Waals surface area (Å²) in [5.74, 6) is 2.02. The molecule has 1 rings (SSSR count). The largest absolute Gasteiger partial charge is 0.300 e. The molecule has 1 heteroatoms. The van der Waals surface area contributed by atoms with Gasteiger partial charge in [-0.1, -0.05) is 20.3 Å². The molecule has 0 aromatic carbocycles. The predicted octanol–water partition coefficient (Wildman–Crippen LogP) is 2.79. The van der Waals surface area contributed by atoms with Crippen LogP contribution in [0.15, 0.2) is 0 Å². The Morgan fingerprint density at radius 3 is 2.82 bits per heavy atom. The predicted molar refractivity (Wildman–Crippen MR) is 46.4 cm³/mol. The summed E-state index contributed by atoms with van der Waals surface area (Å²) in [6.07, 6.45) is 5.39. The van der Waals surface area contributed by atoms with Gasteiger partial charge in [-0.15, -0.1) is 0 Å². The maximum absolute atomic E-state index is 10.9. The first-order valence-corrected chi connectivity index (χ1v) is 4.74. The summed E-state index contributed by atoms with van der Waals surface area (Å²) in [6.45, 7) is 4.50. The number of hydrogen-bond donors (Lipinski definition) is 0. The lowest BCUT2D eigenvalue weighted by molar-refractivity contribution is -0.117. The fourth-order valence-corrected chi connectivity index (χ4v) is 1.83. The van der Waals surface area contributed by atoms with Crippen molar-refractivity contribution in [2.75, 3.05) is 0 Å². The average molecular weight is 154 g/mol. The molecule has 0 radical (unpaired) electrons. The maximum atomic E-state index is 10.9. The van der Waals surface area contributed by atoms with Crippen LogP contribution in [0.25, 0.3) is 0 Å². The Bertz CT molecular complexity index is 140. The molecule has 1 fully saturated rings. The normalized spacial score (nSPS) is 27.5. The molecule has 0 aromatic heterocycles. The van der Waals surface area contributed by atoms with E-state index >= 15 is 0 Å². The first kappa shape index (κ1) is 8.76. The van der Waals surface area contributed by atoms with E-state index in [9.17, 15) is 4.79 Å². The third-order valence-electron chi connectivity index (χ3n) is 2.78. The summed E-state index contributed by atoms with van der Waals surface area (Å²) in [5.41, 5.74) is 0. The molecule has 2 unspecified atom stereocenters. The topological polar surface area (TPSA) is 17.1 Å². The van der Waals surface area contributed by atoms with Crippen LogP contribution in [0.4, 0.5) is 0 Å². The maximum Gasteiger partial charge on any atom is 0.133 e. The molecule has 1 saturated carbocycles. The molecule has 0 aromatic rings. The van der Waals surface area contributed by atoms with Crippen molar-refractivity contribution < 1.29 is 4.79 Å². The van der Waals surface area contributed by atoms with Crippen LogP contribution in [0, 0.1) is 11.8 Å². The van der Waals surface area contributed by atoms with Crippen molar-refractivity contribution in [3.05, 3.63) is 0 Å². The van der Waals surface area contributed by atoms with E-state index in [1.807, 2.05) is 0 Å². The summed E-state index contributed by atoms with van der Waals surface area (Å²) in [5, 5.41) is 0. The van der Waals surface area contributed by atoms with Crippen molar-refractivity contribution >= 4 is 5.78 Å². The summed E-state index contributed by atoms with van der Waals surface area (Å²) in [4.78, 5) is 10.9. The Morgan fingerprint density at radius 1 is 1.64 bits per heavy atom. The lowest BCUT2D eigenvalue weighted by Gasteiger charge is -2.12. The van der Waals surface area contributed by atoms with Gasteiger partial charge >= 0.3 is 0 Å². The number of Topliss-reactive ketones (excluding diaryl/α,β-unsaturated/α-hetero) is 1. The van der Waals surface area contributed by atoms with Gasteiger partial charge in [0.05, 0.1) is 0 Å². The quantitative estimate of drug-likeness (QED) is 0.611. The van der Waals surface area contributed by atoms with Gasteiger partial charge in [-0.05, 0) is 24.7 Å². The van der Waals surface area contributed by atoms with E-state index in [-0.39, 0.29) is 0 Å². The van der Waals surface area contributed by atoms with Gasteiger partial charge in [0.2, 0.25) is 0 Å². The van der Waals surface area contributed by atoms with E-state index in [2.05, 4.69) is 13.8 Å². The molecule has 2 atom stereocenters. The van der Waals surface area contributed by atoms with Gasteiger partial charge in [0.15, 0.2) is 0 Å². The third kappa shape index (κ3) is 2.64. The Kier molecular flexibility index (Phi) is 3.10. The zero-order valence-corrected chi connectivity index (χ0v) is 7.60. The molecule has 1 aliphatic carbocycles. The molecule has 0 bridgehead atoms. The van der Waals surface area contributed by atoms with E-state index in [4.69, 9.17) is 0 Å². The van der Waals surface area contributed by atoms with Gasteiger partial charge in [0.1, 0.15) is 5.78 Å². The molecule has 11 heavy (non-hydrogen) atoms. The van der Waals surface area contributed by atoms with E-state index < -0.39 is 0 Å². The monoisotopic (exact) mass is 154 g/mol. The van der Waals surface area contributed by atoms with Crippen molar-refractivity contribution in [3.8, 4) is 0 Å². The Hall–Kier alpha value is -0.330. The van der Waals surface area contributed by atoms with Crippen molar-refractivity contribution in [2.45, 2.75) is 46.0 Å². The number of hydrogen-bond acceptors (Lipinski definition) is 1. The first-order valence-electron chi connectivity index (χ1n) is 4.74. The Balaban J connectivity index is 2.22. The van der Waals surface area contributed by atoms with Crippen molar-refractivity contribution in [1.29, 1.82) is 0 Å². The van der Waals surface area contributed by atoms with Crippen molar-refractivity contribution in [3.63, 3.8) is 0 Å². The summed E-state index contributed by atoms with van der Waals surface area (Å²) >= 11 is 0. The highest BCUT2D eigenvalue weighted by atomic mass is 16.1. The van der Waals surface area contributed by atoms with Crippen LogP contribution >= 0.6 is 0 Å². The van der Waals surface area contributed by atoms with Crippen LogP contribution in [0.3, 0.4) is 0 Å². The van der Waals surface area contributed by atoms with Gasteiger partial charge in [0, 0.05) is 12.8 Å². The summed E-state index contributed by atoms with van der Waals surface area (Å²) < 4.78 is 0. The molecule has 1 nitrogen and oxygen atoms in total. The molecule has 0 heterocycles. The minimum absolute atomic E-state index is 0.485. The fraction of sp³-hybridized carbons (Fsp3) is 0.900. The van der Waals surface area contributed by atoms with Crippen LogP contribution in [-0.2, 0) is 4.79 Å². The zero-order valence-electron chi connectivity index (χ0n) is 7.60. The van der Waals surface area contributed by atoms with Gasteiger partial charge in [-0.3, -0.25) is 4.79 Å². The van der Waals surface area contributed by atoms with Crippen molar-refractivity contribution in [1.82, 2.24) is 0 Å². The van der Waals surface area contributed by atoms with Gasteiger partial charge in [0.25, 0.3) is 0 Å². The van der Waals surface area contributed by atoms with E-state index in [1.54, 1.807) is 0 Å². The van der Waals surface area contributed by atoms with Crippen LogP contribution in [0.2, 0.25) is 0 Å². The van der Waals surface area contributed by atoms with Gasteiger partial charge in [-0.25, -0.2) is 0 Å². The number of carbonyl (C=O) groups excluding carboxylic acids is 1. The second-order valence-corrected chi connectivity index (χ2v) is 3.90. The highest BCUT2D eigenvalue weighted by Crippen LogP contribution is 2.28. The highest BCUT2D eigenvalue weighted by Gasteiger charge is 2.22. The van der Waals surface area contributed by atoms with E-state index in [0.29, 0.717) is 5.78 Å². The highest BCUT2D eigenvalue weighted by molar-refractivity contribution is 5.80. The second kappa shape index (κ2) is 3.89. The van der Waals surface area contributed by atoms with E-state index in [1.165, 1.54) is 12.8 Å². The van der Waals surface area contributed by atoms with Crippen molar-refractivity contribution in [2.24, 2.45) is 11.8 Å². The molecule has 1 aliphatic rings. The minimum Gasteiger partial charge on any atom is -0.300 e. The fourth-order valence-electron chi connectivity index (χ4n) is 1.83. The molecule has 0 spiro atoms. The standard InChI is InChI=1S/C10H18O/c1-3-8(2)6-9-4-5-10(11)7-9/h8-9H,3-7H2,1-2H3. The smallest absolute Gasteiger partial charge is 0.133 e. The van der Waals surface area contributed by atoms with Crippen LogP contribution in [-0.4, -0.2) is 5.78 Å². The second-order valence-electron chi connectivity index (χ2n) is 3.90. The number of rotatable bonds is 3. The number of ketones is 1. The molecular weight excluding hydrogens is 136 g/mol. The zero-order chi connectivity index (χ0) is 8.27. The third-order valence-corrected chi connectivity index (χ3v) is 2.78. The minimum atomic E-state index is 0.485. The molecule has 0 amide bonds. The average Bonchev–Trinajstić information content (AvgIpc) is 2.35. The Morgan fingerprint density at radius 2 is 2.36 bits per heavy atom. The lowest BCUT2D eigenvalue weighted by Crippen LogP contribution is -2.02. The van der Waals surface area contributed by atoms with Crippen LogP contribution in [0.5, 0.6) is 0 Å².